The first-order valence-corrected chi connectivity index (χ1v) is 11.2. The summed E-state index contributed by atoms with van der Waals surface area (Å²) in [5.41, 5.74) is 0.554. The lowest BCUT2D eigenvalue weighted by molar-refractivity contribution is -0.113. The number of hydrogen-bond donors (Lipinski definition) is 1. The SMILES string of the molecule is CC(Oc1ccccc1F)c1nnc(SCC(=O)Nc2ccc(Cl)c(Cl)c2)n1C(C)C. The van der Waals surface area contributed by atoms with Crippen molar-refractivity contribution in [3.63, 3.8) is 0 Å². The molecule has 1 heterocycles. The average Bonchev–Trinajstić information content (AvgIpc) is 3.15. The molecule has 31 heavy (non-hydrogen) atoms. The lowest BCUT2D eigenvalue weighted by atomic mass is 10.3. The molecule has 0 bridgehead atoms. The minimum absolute atomic E-state index is 0.0114. The molecule has 0 aliphatic rings. The molecule has 3 aromatic rings. The van der Waals surface area contributed by atoms with Crippen molar-refractivity contribution < 1.29 is 13.9 Å². The van der Waals surface area contributed by atoms with Crippen LogP contribution in [0.4, 0.5) is 10.1 Å². The van der Waals surface area contributed by atoms with E-state index in [0.717, 1.165) is 0 Å². The number of aromatic nitrogens is 3. The molecular formula is C21H21Cl2FN4O2S. The van der Waals surface area contributed by atoms with Gasteiger partial charge >= 0.3 is 0 Å². The lowest BCUT2D eigenvalue weighted by Crippen LogP contribution is -2.16. The molecule has 1 N–H and O–H groups in total. The van der Waals surface area contributed by atoms with Crippen LogP contribution in [0.3, 0.4) is 0 Å². The van der Waals surface area contributed by atoms with E-state index in [-0.39, 0.29) is 23.5 Å². The zero-order valence-electron chi connectivity index (χ0n) is 17.1. The fraction of sp³-hybridized carbons (Fsp3) is 0.286. The first-order valence-electron chi connectivity index (χ1n) is 9.50. The highest BCUT2D eigenvalue weighted by Crippen LogP contribution is 2.29. The molecule has 10 heteroatoms. The zero-order valence-corrected chi connectivity index (χ0v) is 19.4. The predicted octanol–water partition coefficient (Wildman–Crippen LogP) is 6.18. The summed E-state index contributed by atoms with van der Waals surface area (Å²) in [4.78, 5) is 12.4. The van der Waals surface area contributed by atoms with Gasteiger partial charge in [-0.15, -0.1) is 10.2 Å². The summed E-state index contributed by atoms with van der Waals surface area (Å²) in [7, 11) is 0. The second-order valence-electron chi connectivity index (χ2n) is 6.96. The predicted molar refractivity (Wildman–Crippen MR) is 122 cm³/mol. The summed E-state index contributed by atoms with van der Waals surface area (Å²) in [5.74, 6) is 0.139. The maximum absolute atomic E-state index is 13.9. The zero-order chi connectivity index (χ0) is 22.5. The maximum atomic E-state index is 13.9. The number of hydrogen-bond acceptors (Lipinski definition) is 5. The van der Waals surface area contributed by atoms with Crippen LogP contribution in [0.5, 0.6) is 5.75 Å². The van der Waals surface area contributed by atoms with Gasteiger partial charge < -0.3 is 14.6 Å². The van der Waals surface area contributed by atoms with Crippen molar-refractivity contribution in [1.82, 2.24) is 14.8 Å². The van der Waals surface area contributed by atoms with Gasteiger partial charge in [0.2, 0.25) is 5.91 Å². The van der Waals surface area contributed by atoms with Gasteiger partial charge in [-0.1, -0.05) is 47.1 Å². The Morgan fingerprint density at radius 3 is 2.58 bits per heavy atom. The molecule has 2 aromatic carbocycles. The van der Waals surface area contributed by atoms with Gasteiger partial charge in [0.25, 0.3) is 0 Å². The molecule has 0 radical (unpaired) electrons. The number of amides is 1. The summed E-state index contributed by atoms with van der Waals surface area (Å²) < 4.78 is 21.6. The number of nitrogens with zero attached hydrogens (tertiary/aromatic N) is 3. The first kappa shape index (κ1) is 23.4. The Labute approximate surface area is 194 Å². The van der Waals surface area contributed by atoms with Crippen LogP contribution in [0.2, 0.25) is 10.0 Å². The van der Waals surface area contributed by atoms with Gasteiger partial charge in [0.1, 0.15) is 0 Å². The molecule has 0 spiro atoms. The van der Waals surface area contributed by atoms with Gasteiger partial charge in [-0.2, -0.15) is 0 Å². The lowest BCUT2D eigenvalue weighted by Gasteiger charge is -2.19. The highest BCUT2D eigenvalue weighted by atomic mass is 35.5. The number of nitrogens with one attached hydrogen (secondary N) is 1. The summed E-state index contributed by atoms with van der Waals surface area (Å²) in [5, 5.41) is 12.6. The Bertz CT molecular complexity index is 1080. The van der Waals surface area contributed by atoms with E-state index in [1.165, 1.54) is 17.8 Å². The minimum Gasteiger partial charge on any atom is -0.480 e. The minimum atomic E-state index is -0.536. The number of ether oxygens (including phenoxy) is 1. The van der Waals surface area contributed by atoms with Crippen molar-refractivity contribution in [2.24, 2.45) is 0 Å². The van der Waals surface area contributed by atoms with E-state index in [9.17, 15) is 9.18 Å². The monoisotopic (exact) mass is 482 g/mol. The number of carbonyl (C=O) groups is 1. The molecule has 1 amide bonds. The third kappa shape index (κ3) is 5.90. The Hall–Kier alpha value is -2.29. The normalized spacial score (nSPS) is 12.1. The Morgan fingerprint density at radius 2 is 1.90 bits per heavy atom. The highest BCUT2D eigenvalue weighted by molar-refractivity contribution is 7.99. The smallest absolute Gasteiger partial charge is 0.234 e. The largest absolute Gasteiger partial charge is 0.480 e. The van der Waals surface area contributed by atoms with Gasteiger partial charge in [-0.3, -0.25) is 4.79 Å². The molecule has 0 saturated heterocycles. The standard InChI is InChI=1S/C21H21Cl2FN4O2S/c1-12(2)28-20(13(3)30-18-7-5-4-6-17(18)24)26-27-21(28)31-11-19(29)25-14-8-9-15(22)16(23)10-14/h4-10,12-13H,11H2,1-3H3,(H,25,29). The maximum Gasteiger partial charge on any atom is 0.234 e. The van der Waals surface area contributed by atoms with Crippen LogP contribution in [0.15, 0.2) is 47.6 Å². The van der Waals surface area contributed by atoms with E-state index < -0.39 is 11.9 Å². The highest BCUT2D eigenvalue weighted by Gasteiger charge is 2.22. The third-order valence-electron chi connectivity index (χ3n) is 4.25. The quantitative estimate of drug-likeness (QED) is 0.388. The van der Waals surface area contributed by atoms with Crippen molar-refractivity contribution in [3.05, 3.63) is 64.2 Å². The molecule has 164 valence electrons. The van der Waals surface area contributed by atoms with E-state index in [1.807, 2.05) is 18.4 Å². The van der Waals surface area contributed by atoms with E-state index in [1.54, 1.807) is 43.3 Å². The van der Waals surface area contributed by atoms with Crippen LogP contribution in [0.1, 0.15) is 38.7 Å². The molecule has 6 nitrogen and oxygen atoms in total. The van der Waals surface area contributed by atoms with Gasteiger partial charge in [0.05, 0.1) is 15.8 Å². The number of rotatable bonds is 8. The van der Waals surface area contributed by atoms with Crippen molar-refractivity contribution in [1.29, 1.82) is 0 Å². The summed E-state index contributed by atoms with van der Waals surface area (Å²) in [6.45, 7) is 5.73. The number of carbonyl (C=O) groups excluding carboxylic acids is 1. The molecule has 1 aromatic heterocycles. The Kier molecular flexibility index (Phi) is 7.80. The van der Waals surface area contributed by atoms with Crippen LogP contribution < -0.4 is 10.1 Å². The van der Waals surface area contributed by atoms with E-state index in [2.05, 4.69) is 15.5 Å². The van der Waals surface area contributed by atoms with Gasteiger partial charge in [0.15, 0.2) is 28.7 Å². The topological polar surface area (TPSA) is 69.0 Å². The molecule has 0 fully saturated rings. The van der Waals surface area contributed by atoms with Crippen LogP contribution in [0.25, 0.3) is 0 Å². The molecule has 1 unspecified atom stereocenters. The van der Waals surface area contributed by atoms with Crippen LogP contribution in [-0.2, 0) is 4.79 Å². The van der Waals surface area contributed by atoms with E-state index >= 15 is 0 Å². The van der Waals surface area contributed by atoms with Crippen molar-refractivity contribution in [2.75, 3.05) is 11.1 Å². The molecule has 1 atom stereocenters. The molecule has 3 rings (SSSR count). The third-order valence-corrected chi connectivity index (χ3v) is 5.93. The average molecular weight is 483 g/mol. The second-order valence-corrected chi connectivity index (χ2v) is 8.72. The summed E-state index contributed by atoms with van der Waals surface area (Å²) >= 11 is 13.1. The van der Waals surface area contributed by atoms with Gasteiger partial charge in [-0.25, -0.2) is 4.39 Å². The van der Waals surface area contributed by atoms with E-state index in [4.69, 9.17) is 27.9 Å². The molecule has 0 aliphatic heterocycles. The van der Waals surface area contributed by atoms with E-state index in [0.29, 0.717) is 26.7 Å². The first-order chi connectivity index (χ1) is 14.8. The molecule has 0 saturated carbocycles. The second kappa shape index (κ2) is 10.3. The summed E-state index contributed by atoms with van der Waals surface area (Å²) in [6.07, 6.45) is -0.536. The Balaban J connectivity index is 1.69. The number of anilines is 1. The molecule has 0 aliphatic carbocycles. The van der Waals surface area contributed by atoms with Crippen LogP contribution in [0, 0.1) is 5.82 Å². The number of benzene rings is 2. The number of thioether (sulfide) groups is 1. The van der Waals surface area contributed by atoms with Crippen molar-refractivity contribution in [3.8, 4) is 5.75 Å². The summed E-state index contributed by atoms with van der Waals surface area (Å²) in [6, 6.07) is 11.1. The van der Waals surface area contributed by atoms with Crippen molar-refractivity contribution in [2.45, 2.75) is 38.1 Å². The number of para-hydroxylation sites is 1. The van der Waals surface area contributed by atoms with Crippen molar-refractivity contribution >= 4 is 46.6 Å². The molecular weight excluding hydrogens is 462 g/mol. The number of halogens is 3. The van der Waals surface area contributed by atoms with Gasteiger partial charge in [-0.05, 0) is 51.1 Å². The van der Waals surface area contributed by atoms with Crippen LogP contribution in [-0.4, -0.2) is 26.4 Å². The fourth-order valence-corrected chi connectivity index (χ4v) is 4.01. The van der Waals surface area contributed by atoms with Crippen LogP contribution >= 0.6 is 35.0 Å². The van der Waals surface area contributed by atoms with Gasteiger partial charge in [0, 0.05) is 11.7 Å². The fourth-order valence-electron chi connectivity index (χ4n) is 2.83. The Morgan fingerprint density at radius 1 is 1.16 bits per heavy atom.